The SMILES string of the molecule is CC(C)(C)c1nn(-c2ccc(F)cc2)c2c1C(c1cccc(Cl)c1)SCC(=O)N2CC(=O)NCc1ccco1. The van der Waals surface area contributed by atoms with Gasteiger partial charge in [0.05, 0.1) is 35.2 Å². The number of carbonyl (C=O) groups is 2. The predicted octanol–water partition coefficient (Wildman–Crippen LogP) is 6.04. The van der Waals surface area contributed by atoms with Gasteiger partial charge in [-0.15, -0.1) is 11.8 Å². The maximum atomic E-state index is 13.9. The van der Waals surface area contributed by atoms with Crippen molar-refractivity contribution in [3.63, 3.8) is 0 Å². The molecule has 4 aromatic rings. The summed E-state index contributed by atoms with van der Waals surface area (Å²) < 4.78 is 20.8. The molecule has 1 atom stereocenters. The molecular formula is C29H28ClFN4O3S. The summed E-state index contributed by atoms with van der Waals surface area (Å²) in [5, 5.41) is 8.13. The zero-order chi connectivity index (χ0) is 27.7. The maximum Gasteiger partial charge on any atom is 0.240 e. The smallest absolute Gasteiger partial charge is 0.240 e. The minimum Gasteiger partial charge on any atom is -0.467 e. The number of furan rings is 1. The number of fused-ring (bicyclic) bond motifs is 1. The molecule has 0 spiro atoms. The van der Waals surface area contributed by atoms with E-state index in [1.165, 1.54) is 35.1 Å². The van der Waals surface area contributed by atoms with E-state index in [0.717, 1.165) is 16.8 Å². The number of carbonyl (C=O) groups excluding carboxylic acids is 2. The Morgan fingerprint density at radius 1 is 1.18 bits per heavy atom. The number of hydrogen-bond acceptors (Lipinski definition) is 5. The largest absolute Gasteiger partial charge is 0.467 e. The normalized spacial score (nSPS) is 15.7. The molecule has 7 nitrogen and oxygen atoms in total. The molecule has 2 aromatic carbocycles. The highest BCUT2D eigenvalue weighted by atomic mass is 35.5. The van der Waals surface area contributed by atoms with Crippen molar-refractivity contribution in [2.75, 3.05) is 17.2 Å². The molecule has 0 saturated carbocycles. The van der Waals surface area contributed by atoms with Gasteiger partial charge in [-0.1, -0.05) is 44.5 Å². The fourth-order valence-electron chi connectivity index (χ4n) is 4.57. The first-order valence-corrected chi connectivity index (χ1v) is 13.9. The van der Waals surface area contributed by atoms with E-state index in [2.05, 4.69) is 26.1 Å². The van der Waals surface area contributed by atoms with Gasteiger partial charge in [0, 0.05) is 16.0 Å². The number of aromatic nitrogens is 2. The zero-order valence-corrected chi connectivity index (χ0v) is 23.4. The van der Waals surface area contributed by atoms with Crippen molar-refractivity contribution in [1.29, 1.82) is 0 Å². The third-order valence-corrected chi connectivity index (χ3v) is 7.85. The average molecular weight is 567 g/mol. The number of benzene rings is 2. The molecule has 0 aliphatic carbocycles. The first kappa shape index (κ1) is 27.0. The van der Waals surface area contributed by atoms with Crippen molar-refractivity contribution >= 4 is 41.0 Å². The summed E-state index contributed by atoms with van der Waals surface area (Å²) in [5.41, 5.74) is 2.69. The Balaban J connectivity index is 1.67. The Kier molecular flexibility index (Phi) is 7.55. The van der Waals surface area contributed by atoms with E-state index in [-0.39, 0.29) is 41.7 Å². The van der Waals surface area contributed by atoms with Crippen LogP contribution in [0.25, 0.3) is 5.69 Å². The zero-order valence-electron chi connectivity index (χ0n) is 21.8. The fourth-order valence-corrected chi connectivity index (χ4v) is 5.95. The van der Waals surface area contributed by atoms with Gasteiger partial charge in [-0.2, -0.15) is 5.10 Å². The summed E-state index contributed by atoms with van der Waals surface area (Å²) >= 11 is 7.85. The molecule has 3 heterocycles. The fraction of sp³-hybridized carbons (Fsp3) is 0.276. The van der Waals surface area contributed by atoms with E-state index in [0.29, 0.717) is 22.3 Å². The molecule has 202 valence electrons. The van der Waals surface area contributed by atoms with Gasteiger partial charge in [-0.05, 0) is 54.1 Å². The Morgan fingerprint density at radius 2 is 1.95 bits per heavy atom. The van der Waals surface area contributed by atoms with Crippen molar-refractivity contribution in [2.45, 2.75) is 38.0 Å². The second-order valence-corrected chi connectivity index (χ2v) is 11.8. The number of hydrogen-bond donors (Lipinski definition) is 1. The molecule has 0 radical (unpaired) electrons. The average Bonchev–Trinajstić information content (AvgIpc) is 3.52. The number of amides is 2. The molecule has 1 N–H and O–H groups in total. The highest BCUT2D eigenvalue weighted by Gasteiger charge is 2.40. The number of thioether (sulfide) groups is 1. The van der Waals surface area contributed by atoms with Gasteiger partial charge < -0.3 is 9.73 Å². The van der Waals surface area contributed by atoms with Crippen LogP contribution < -0.4 is 10.2 Å². The number of nitrogens with zero attached hydrogens (tertiary/aromatic N) is 3. The van der Waals surface area contributed by atoms with Crippen LogP contribution in [0.5, 0.6) is 0 Å². The number of rotatable bonds is 6. The van der Waals surface area contributed by atoms with Crippen molar-refractivity contribution in [3.8, 4) is 5.69 Å². The highest BCUT2D eigenvalue weighted by Crippen LogP contribution is 2.48. The lowest BCUT2D eigenvalue weighted by molar-refractivity contribution is -0.123. The van der Waals surface area contributed by atoms with Crippen LogP contribution in [-0.4, -0.2) is 33.9 Å². The van der Waals surface area contributed by atoms with Crippen LogP contribution in [0.1, 0.15) is 48.6 Å². The van der Waals surface area contributed by atoms with Gasteiger partial charge in [0.1, 0.15) is 23.9 Å². The highest BCUT2D eigenvalue weighted by molar-refractivity contribution is 8.00. The van der Waals surface area contributed by atoms with E-state index in [1.54, 1.807) is 35.0 Å². The third-order valence-electron chi connectivity index (χ3n) is 6.36. The summed E-state index contributed by atoms with van der Waals surface area (Å²) in [5.74, 6) is 0.271. The molecule has 0 saturated heterocycles. The third kappa shape index (κ3) is 5.74. The first-order chi connectivity index (χ1) is 18.6. The predicted molar refractivity (Wildman–Crippen MR) is 151 cm³/mol. The maximum absolute atomic E-state index is 13.9. The van der Waals surface area contributed by atoms with Gasteiger partial charge in [-0.25, -0.2) is 9.07 Å². The van der Waals surface area contributed by atoms with Crippen molar-refractivity contribution in [2.24, 2.45) is 0 Å². The molecular weight excluding hydrogens is 539 g/mol. The van der Waals surface area contributed by atoms with Crippen LogP contribution in [0.4, 0.5) is 10.2 Å². The van der Waals surface area contributed by atoms with Crippen LogP contribution >= 0.6 is 23.4 Å². The summed E-state index contributed by atoms with van der Waals surface area (Å²) in [7, 11) is 0. The minimum atomic E-state index is -0.409. The Hall–Kier alpha value is -3.56. The van der Waals surface area contributed by atoms with E-state index < -0.39 is 5.41 Å². The Labute approximate surface area is 235 Å². The van der Waals surface area contributed by atoms with Crippen molar-refractivity contribution < 1.29 is 18.4 Å². The molecule has 1 unspecified atom stereocenters. The summed E-state index contributed by atoms with van der Waals surface area (Å²) in [6, 6.07) is 17.0. The minimum absolute atomic E-state index is 0.143. The summed E-state index contributed by atoms with van der Waals surface area (Å²) in [6.07, 6.45) is 1.54. The van der Waals surface area contributed by atoms with Gasteiger partial charge in [-0.3, -0.25) is 14.5 Å². The van der Waals surface area contributed by atoms with Gasteiger partial charge >= 0.3 is 0 Å². The molecule has 39 heavy (non-hydrogen) atoms. The lowest BCUT2D eigenvalue weighted by Gasteiger charge is -2.24. The summed E-state index contributed by atoms with van der Waals surface area (Å²) in [6.45, 7) is 6.14. The number of nitrogens with one attached hydrogen (secondary N) is 1. The molecule has 0 fully saturated rings. The Morgan fingerprint density at radius 3 is 2.62 bits per heavy atom. The van der Waals surface area contributed by atoms with Crippen molar-refractivity contribution in [3.05, 3.63) is 100 Å². The molecule has 10 heteroatoms. The monoisotopic (exact) mass is 566 g/mol. The molecule has 1 aliphatic rings. The molecule has 0 bridgehead atoms. The number of anilines is 1. The Bertz CT molecular complexity index is 1500. The van der Waals surface area contributed by atoms with Gasteiger partial charge in [0.15, 0.2) is 0 Å². The van der Waals surface area contributed by atoms with Gasteiger partial charge in [0.25, 0.3) is 0 Å². The lowest BCUT2D eigenvalue weighted by Crippen LogP contribution is -2.42. The quantitative estimate of drug-likeness (QED) is 0.308. The molecule has 2 amide bonds. The van der Waals surface area contributed by atoms with E-state index in [9.17, 15) is 14.0 Å². The standard InChI is InChI=1S/C29H28ClFN4O3S/c1-29(2,3)27-25-26(18-6-4-7-19(30)14-18)39-17-24(37)34(16-23(36)32-15-22-8-5-13-38-22)28(25)35(33-27)21-11-9-20(31)10-12-21/h4-14,26H,15-17H2,1-3H3,(H,32,36). The van der Waals surface area contributed by atoms with E-state index in [1.807, 2.05) is 18.2 Å². The second kappa shape index (κ2) is 10.9. The first-order valence-electron chi connectivity index (χ1n) is 12.5. The van der Waals surface area contributed by atoms with Crippen LogP contribution in [0.15, 0.2) is 71.3 Å². The number of halogens is 2. The van der Waals surface area contributed by atoms with Crippen LogP contribution in [0.3, 0.4) is 0 Å². The molecule has 1 aliphatic heterocycles. The molecule has 5 rings (SSSR count). The lowest BCUT2D eigenvalue weighted by atomic mass is 9.87. The topological polar surface area (TPSA) is 80.4 Å². The van der Waals surface area contributed by atoms with Crippen LogP contribution in [0, 0.1) is 5.82 Å². The van der Waals surface area contributed by atoms with Crippen molar-refractivity contribution in [1.82, 2.24) is 15.1 Å². The summed E-state index contributed by atoms with van der Waals surface area (Å²) in [4.78, 5) is 28.3. The van der Waals surface area contributed by atoms with E-state index >= 15 is 0 Å². The van der Waals surface area contributed by atoms with Gasteiger partial charge in [0.2, 0.25) is 11.8 Å². The van der Waals surface area contributed by atoms with Crippen LogP contribution in [-0.2, 0) is 21.5 Å². The second-order valence-electron chi connectivity index (χ2n) is 10.3. The van der Waals surface area contributed by atoms with Crippen LogP contribution in [0.2, 0.25) is 5.02 Å². The molecule has 2 aromatic heterocycles. The van der Waals surface area contributed by atoms with E-state index in [4.69, 9.17) is 21.1 Å².